The van der Waals surface area contributed by atoms with Crippen LogP contribution in [0.1, 0.15) is 36.0 Å². The number of nitrogens with one attached hydrogen (secondary N) is 1. The van der Waals surface area contributed by atoms with Gasteiger partial charge in [-0.15, -0.1) is 0 Å². The predicted molar refractivity (Wildman–Crippen MR) is 98.4 cm³/mol. The van der Waals surface area contributed by atoms with E-state index in [-0.39, 0.29) is 17.3 Å². The van der Waals surface area contributed by atoms with Crippen LogP contribution < -0.4 is 5.32 Å². The Morgan fingerprint density at radius 1 is 1.19 bits per heavy atom. The van der Waals surface area contributed by atoms with Crippen molar-refractivity contribution in [2.24, 2.45) is 0 Å². The molecule has 8 heteroatoms. The van der Waals surface area contributed by atoms with Crippen LogP contribution in [0.15, 0.2) is 29.2 Å². The number of sulfonamides is 1. The standard InChI is InChI=1S/C18H27N3O4S/c1-20-9-11-21(12-10-20)26(24,25)16-6-4-5-15(13-16)17(22)19-14-18(23)7-2-3-8-18/h4-6,13,23H,2-3,7-12,14H2,1H3,(H,19,22). The first kappa shape index (κ1) is 19.3. The second-order valence-electron chi connectivity index (χ2n) is 7.35. The third kappa shape index (κ3) is 4.25. The van der Waals surface area contributed by atoms with Gasteiger partial charge in [0.25, 0.3) is 5.91 Å². The monoisotopic (exact) mass is 381 g/mol. The first-order valence-corrected chi connectivity index (χ1v) is 10.5. The number of hydrogen-bond donors (Lipinski definition) is 2. The molecule has 7 nitrogen and oxygen atoms in total. The molecule has 0 radical (unpaired) electrons. The summed E-state index contributed by atoms with van der Waals surface area (Å²) in [6, 6.07) is 6.12. The van der Waals surface area contributed by atoms with Crippen LogP contribution in [0.25, 0.3) is 0 Å². The van der Waals surface area contributed by atoms with E-state index in [1.54, 1.807) is 12.1 Å². The molecule has 2 fully saturated rings. The molecule has 1 saturated carbocycles. The summed E-state index contributed by atoms with van der Waals surface area (Å²) in [6.45, 7) is 2.47. The third-order valence-electron chi connectivity index (χ3n) is 5.31. The van der Waals surface area contributed by atoms with Gasteiger partial charge in [-0.2, -0.15) is 4.31 Å². The Morgan fingerprint density at radius 3 is 2.50 bits per heavy atom. The smallest absolute Gasteiger partial charge is 0.251 e. The lowest BCUT2D eigenvalue weighted by atomic mass is 10.0. The van der Waals surface area contributed by atoms with E-state index in [9.17, 15) is 18.3 Å². The van der Waals surface area contributed by atoms with Crippen LogP contribution in [-0.4, -0.2) is 74.0 Å². The fourth-order valence-corrected chi connectivity index (χ4v) is 5.00. The van der Waals surface area contributed by atoms with Crippen LogP contribution >= 0.6 is 0 Å². The van der Waals surface area contributed by atoms with Crippen molar-refractivity contribution in [1.82, 2.24) is 14.5 Å². The molecule has 0 unspecified atom stereocenters. The number of aliphatic hydroxyl groups is 1. The quantitative estimate of drug-likeness (QED) is 0.782. The highest BCUT2D eigenvalue weighted by Gasteiger charge is 2.32. The number of rotatable bonds is 5. The highest BCUT2D eigenvalue weighted by molar-refractivity contribution is 7.89. The molecule has 1 aromatic carbocycles. The molecule has 1 aliphatic carbocycles. The summed E-state index contributed by atoms with van der Waals surface area (Å²) in [4.78, 5) is 14.6. The number of amides is 1. The topological polar surface area (TPSA) is 90.0 Å². The lowest BCUT2D eigenvalue weighted by molar-refractivity contribution is 0.0449. The molecule has 26 heavy (non-hydrogen) atoms. The van der Waals surface area contributed by atoms with Crippen molar-refractivity contribution in [3.05, 3.63) is 29.8 Å². The van der Waals surface area contributed by atoms with Crippen LogP contribution in [-0.2, 0) is 10.0 Å². The molecule has 1 heterocycles. The largest absolute Gasteiger partial charge is 0.388 e. The molecule has 1 aromatic rings. The van der Waals surface area contributed by atoms with Gasteiger partial charge in [-0.3, -0.25) is 4.79 Å². The van der Waals surface area contributed by atoms with E-state index < -0.39 is 15.6 Å². The summed E-state index contributed by atoms with van der Waals surface area (Å²) in [7, 11) is -1.64. The second kappa shape index (κ2) is 7.64. The van der Waals surface area contributed by atoms with Crippen molar-refractivity contribution < 1.29 is 18.3 Å². The van der Waals surface area contributed by atoms with Crippen molar-refractivity contribution in [3.63, 3.8) is 0 Å². The maximum absolute atomic E-state index is 12.8. The second-order valence-corrected chi connectivity index (χ2v) is 9.29. The van der Waals surface area contributed by atoms with E-state index >= 15 is 0 Å². The van der Waals surface area contributed by atoms with Crippen LogP contribution in [0.4, 0.5) is 0 Å². The molecule has 144 valence electrons. The zero-order valence-corrected chi connectivity index (χ0v) is 16.0. The van der Waals surface area contributed by atoms with Gasteiger partial charge in [-0.25, -0.2) is 8.42 Å². The Kier molecular flexibility index (Phi) is 5.67. The summed E-state index contributed by atoms with van der Waals surface area (Å²) in [6.07, 6.45) is 3.30. The van der Waals surface area contributed by atoms with Crippen molar-refractivity contribution in [1.29, 1.82) is 0 Å². The fraction of sp³-hybridized carbons (Fsp3) is 0.611. The highest BCUT2D eigenvalue weighted by Crippen LogP contribution is 2.28. The summed E-state index contributed by atoms with van der Waals surface area (Å²) >= 11 is 0. The van der Waals surface area contributed by atoms with Crippen molar-refractivity contribution in [2.75, 3.05) is 39.8 Å². The Hall–Kier alpha value is -1.48. The minimum Gasteiger partial charge on any atom is -0.388 e. The summed E-state index contributed by atoms with van der Waals surface area (Å²) in [5.74, 6) is -0.360. The van der Waals surface area contributed by atoms with Gasteiger partial charge in [0.2, 0.25) is 10.0 Å². The molecule has 0 spiro atoms. The number of nitrogens with zero attached hydrogens (tertiary/aromatic N) is 2. The SMILES string of the molecule is CN1CCN(S(=O)(=O)c2cccc(C(=O)NCC3(O)CCCC3)c2)CC1. The van der Waals surface area contributed by atoms with Crippen LogP contribution in [0.2, 0.25) is 0 Å². The average molecular weight is 381 g/mol. The number of carbonyl (C=O) groups excluding carboxylic acids is 1. The van der Waals surface area contributed by atoms with Gasteiger partial charge in [0.1, 0.15) is 0 Å². The van der Waals surface area contributed by atoms with Crippen LogP contribution in [0, 0.1) is 0 Å². The molecule has 1 aliphatic heterocycles. The lowest BCUT2D eigenvalue weighted by Crippen LogP contribution is -2.47. The van der Waals surface area contributed by atoms with Gasteiger partial charge < -0.3 is 15.3 Å². The molecular formula is C18H27N3O4S. The maximum atomic E-state index is 12.8. The van der Waals surface area contributed by atoms with E-state index in [4.69, 9.17) is 0 Å². The van der Waals surface area contributed by atoms with Crippen LogP contribution in [0.5, 0.6) is 0 Å². The van der Waals surface area contributed by atoms with Crippen molar-refractivity contribution in [2.45, 2.75) is 36.2 Å². The summed E-state index contributed by atoms with van der Waals surface area (Å²) < 4.78 is 27.1. The molecular weight excluding hydrogens is 354 g/mol. The molecule has 1 saturated heterocycles. The van der Waals surface area contributed by atoms with Gasteiger partial charge in [-0.05, 0) is 38.1 Å². The van der Waals surface area contributed by atoms with E-state index in [1.807, 2.05) is 7.05 Å². The zero-order chi connectivity index (χ0) is 18.8. The number of hydrogen-bond acceptors (Lipinski definition) is 5. The minimum atomic E-state index is -3.61. The normalized spacial score (nSPS) is 21.6. The van der Waals surface area contributed by atoms with E-state index in [0.29, 0.717) is 44.6 Å². The zero-order valence-electron chi connectivity index (χ0n) is 15.1. The van der Waals surface area contributed by atoms with E-state index in [1.165, 1.54) is 16.4 Å². The Balaban J connectivity index is 1.70. The molecule has 0 bridgehead atoms. The highest BCUT2D eigenvalue weighted by atomic mass is 32.2. The average Bonchev–Trinajstić information content (AvgIpc) is 3.07. The third-order valence-corrected chi connectivity index (χ3v) is 7.20. The number of likely N-dealkylation sites (N-methyl/N-ethyl adjacent to an activating group) is 1. The first-order chi connectivity index (χ1) is 12.3. The summed E-state index contributed by atoms with van der Waals surface area (Å²) in [5, 5.41) is 13.1. The predicted octanol–water partition coefficient (Wildman–Crippen LogP) is 0.658. The Morgan fingerprint density at radius 2 is 1.85 bits per heavy atom. The molecule has 2 N–H and O–H groups in total. The van der Waals surface area contributed by atoms with Gasteiger partial charge in [0.15, 0.2) is 0 Å². The Labute approximate surface area is 155 Å². The van der Waals surface area contributed by atoms with Gasteiger partial charge in [0.05, 0.1) is 10.5 Å². The number of benzene rings is 1. The van der Waals surface area contributed by atoms with Gasteiger partial charge in [-0.1, -0.05) is 18.9 Å². The molecule has 1 amide bonds. The van der Waals surface area contributed by atoms with Crippen molar-refractivity contribution in [3.8, 4) is 0 Å². The van der Waals surface area contributed by atoms with Crippen LogP contribution in [0.3, 0.4) is 0 Å². The minimum absolute atomic E-state index is 0.134. The number of carbonyl (C=O) groups is 1. The summed E-state index contributed by atoms with van der Waals surface area (Å²) in [5.41, 5.74) is -0.541. The van der Waals surface area contributed by atoms with E-state index in [2.05, 4.69) is 10.2 Å². The molecule has 0 atom stereocenters. The van der Waals surface area contributed by atoms with E-state index in [0.717, 1.165) is 12.8 Å². The number of piperazine rings is 1. The van der Waals surface area contributed by atoms with Gasteiger partial charge >= 0.3 is 0 Å². The molecule has 3 rings (SSSR count). The lowest BCUT2D eigenvalue weighted by Gasteiger charge is -2.31. The van der Waals surface area contributed by atoms with Gasteiger partial charge in [0, 0.05) is 38.3 Å². The molecule has 0 aromatic heterocycles. The Bertz CT molecular complexity index is 751. The first-order valence-electron chi connectivity index (χ1n) is 9.10. The maximum Gasteiger partial charge on any atom is 0.251 e. The van der Waals surface area contributed by atoms with Crippen molar-refractivity contribution >= 4 is 15.9 Å². The molecule has 2 aliphatic rings. The fourth-order valence-electron chi connectivity index (χ4n) is 3.53.